The molecule has 0 spiro atoms. The van der Waals surface area contributed by atoms with Crippen LogP contribution in [0.5, 0.6) is 0 Å². The Morgan fingerprint density at radius 2 is 1.69 bits per heavy atom. The Morgan fingerprint density at radius 1 is 0.800 bits per heavy atom. The zero-order valence-corrected chi connectivity index (χ0v) is 19.4. The molecule has 4 nitrogen and oxygen atoms in total. The van der Waals surface area contributed by atoms with Crippen molar-refractivity contribution in [3.05, 3.63) is 103 Å². The Kier molecular flexibility index (Phi) is 3.44. The summed E-state index contributed by atoms with van der Waals surface area (Å²) in [7, 11) is 0. The van der Waals surface area contributed by atoms with Gasteiger partial charge in [-0.05, 0) is 53.1 Å². The molecule has 0 saturated carbocycles. The first-order valence-corrected chi connectivity index (χ1v) is 11.9. The molecule has 0 N–H and O–H groups in total. The summed E-state index contributed by atoms with van der Waals surface area (Å²) in [4.78, 5) is 9.31. The van der Waals surface area contributed by atoms with Crippen LogP contribution >= 0.6 is 0 Å². The molecule has 3 aromatic carbocycles. The Morgan fingerprint density at radius 3 is 2.63 bits per heavy atom. The SMILES string of the molecule is CC1(C)c2ccncc2-n2c3cccnc3c3cc(-c4cccc5c4oc4ccccc45)cc1c32. The van der Waals surface area contributed by atoms with Gasteiger partial charge in [0, 0.05) is 39.5 Å². The minimum Gasteiger partial charge on any atom is -0.455 e. The first-order valence-electron chi connectivity index (χ1n) is 11.9. The van der Waals surface area contributed by atoms with Gasteiger partial charge >= 0.3 is 0 Å². The van der Waals surface area contributed by atoms with Crippen LogP contribution in [0.25, 0.3) is 60.7 Å². The maximum absolute atomic E-state index is 6.41. The second-order valence-electron chi connectivity index (χ2n) is 9.92. The van der Waals surface area contributed by atoms with Crippen LogP contribution in [0, 0.1) is 0 Å². The van der Waals surface area contributed by atoms with Gasteiger partial charge in [0.2, 0.25) is 0 Å². The van der Waals surface area contributed by atoms with Crippen molar-refractivity contribution in [3.63, 3.8) is 0 Å². The van der Waals surface area contributed by atoms with Crippen molar-refractivity contribution in [2.75, 3.05) is 0 Å². The molecule has 0 saturated heterocycles. The second kappa shape index (κ2) is 6.36. The van der Waals surface area contributed by atoms with Crippen molar-refractivity contribution < 1.29 is 4.42 Å². The van der Waals surface area contributed by atoms with Crippen molar-refractivity contribution in [1.82, 2.24) is 14.5 Å². The molecule has 35 heavy (non-hydrogen) atoms. The van der Waals surface area contributed by atoms with Crippen LogP contribution in [0.2, 0.25) is 0 Å². The standard InChI is InChI=1S/C31H21N3O/c1-31(2)23-12-14-32-17-26(23)34-25-10-6-13-33-28(25)22-15-18(16-24(31)29(22)34)19-8-5-9-21-20-7-3-4-11-27(20)35-30(19)21/h3-17H,1-2H3. The van der Waals surface area contributed by atoms with Gasteiger partial charge in [-0.25, -0.2) is 0 Å². The Hall–Kier alpha value is -4.44. The molecular weight excluding hydrogens is 430 g/mol. The highest BCUT2D eigenvalue weighted by Gasteiger charge is 2.36. The van der Waals surface area contributed by atoms with Crippen LogP contribution in [-0.4, -0.2) is 14.5 Å². The van der Waals surface area contributed by atoms with Crippen LogP contribution in [0.4, 0.5) is 0 Å². The highest BCUT2D eigenvalue weighted by atomic mass is 16.3. The molecule has 0 aliphatic carbocycles. The number of para-hydroxylation sites is 2. The molecule has 1 aliphatic heterocycles. The first-order chi connectivity index (χ1) is 17.1. The number of rotatable bonds is 1. The topological polar surface area (TPSA) is 43.9 Å². The summed E-state index contributed by atoms with van der Waals surface area (Å²) in [5.41, 5.74) is 10.9. The van der Waals surface area contributed by atoms with Gasteiger partial charge in [-0.15, -0.1) is 0 Å². The number of fused-ring (bicyclic) bond motifs is 8. The van der Waals surface area contributed by atoms with E-state index in [1.165, 1.54) is 16.6 Å². The quantitative estimate of drug-likeness (QED) is 0.256. The van der Waals surface area contributed by atoms with E-state index in [9.17, 15) is 0 Å². The summed E-state index contributed by atoms with van der Waals surface area (Å²) in [6.07, 6.45) is 5.76. The van der Waals surface area contributed by atoms with E-state index in [4.69, 9.17) is 9.40 Å². The molecule has 8 rings (SSSR count). The third kappa shape index (κ3) is 2.31. The number of benzene rings is 3. The van der Waals surface area contributed by atoms with Crippen molar-refractivity contribution in [2.45, 2.75) is 19.3 Å². The van der Waals surface area contributed by atoms with Gasteiger partial charge in [0.25, 0.3) is 0 Å². The molecule has 0 bridgehead atoms. The minimum atomic E-state index is -0.196. The van der Waals surface area contributed by atoms with Crippen LogP contribution in [0.15, 0.2) is 95.8 Å². The highest BCUT2D eigenvalue weighted by Crippen LogP contribution is 2.49. The van der Waals surface area contributed by atoms with E-state index in [-0.39, 0.29) is 5.41 Å². The Labute approximate surface area is 201 Å². The molecule has 0 radical (unpaired) electrons. The monoisotopic (exact) mass is 451 g/mol. The third-order valence-corrected chi connectivity index (χ3v) is 7.72. The van der Waals surface area contributed by atoms with Crippen LogP contribution in [0.1, 0.15) is 25.0 Å². The molecule has 4 aromatic heterocycles. The maximum atomic E-state index is 6.41. The predicted molar refractivity (Wildman–Crippen MR) is 141 cm³/mol. The van der Waals surface area contributed by atoms with Gasteiger partial charge in [0.1, 0.15) is 11.2 Å². The van der Waals surface area contributed by atoms with Crippen molar-refractivity contribution in [3.8, 4) is 16.8 Å². The predicted octanol–water partition coefficient (Wildman–Crippen LogP) is 7.78. The van der Waals surface area contributed by atoms with Gasteiger partial charge in [-0.2, -0.15) is 0 Å². The highest BCUT2D eigenvalue weighted by molar-refractivity contribution is 6.13. The van der Waals surface area contributed by atoms with E-state index < -0.39 is 0 Å². The van der Waals surface area contributed by atoms with Gasteiger partial charge in [0.15, 0.2) is 0 Å². The van der Waals surface area contributed by atoms with Gasteiger partial charge in [0.05, 0.1) is 28.4 Å². The zero-order chi connectivity index (χ0) is 23.3. The normalized spacial score (nSPS) is 14.2. The van der Waals surface area contributed by atoms with Gasteiger partial charge < -0.3 is 8.98 Å². The van der Waals surface area contributed by atoms with E-state index >= 15 is 0 Å². The van der Waals surface area contributed by atoms with Gasteiger partial charge in [-0.3, -0.25) is 9.97 Å². The van der Waals surface area contributed by atoms with Crippen LogP contribution in [-0.2, 0) is 5.41 Å². The average molecular weight is 452 g/mol. The lowest BCUT2D eigenvalue weighted by molar-refractivity contribution is 0.628. The van der Waals surface area contributed by atoms with Crippen molar-refractivity contribution >= 4 is 43.9 Å². The molecule has 0 amide bonds. The summed E-state index contributed by atoms with van der Waals surface area (Å²) in [6.45, 7) is 4.61. The smallest absolute Gasteiger partial charge is 0.143 e. The molecular formula is C31H21N3O. The molecule has 0 fully saturated rings. The van der Waals surface area contributed by atoms with Crippen molar-refractivity contribution in [2.24, 2.45) is 0 Å². The van der Waals surface area contributed by atoms with Gasteiger partial charge in [-0.1, -0.05) is 50.2 Å². The lowest BCUT2D eigenvalue weighted by atomic mass is 9.74. The van der Waals surface area contributed by atoms with Crippen LogP contribution < -0.4 is 0 Å². The fourth-order valence-corrected chi connectivity index (χ4v) is 6.06. The summed E-state index contributed by atoms with van der Waals surface area (Å²) >= 11 is 0. The maximum Gasteiger partial charge on any atom is 0.143 e. The van der Waals surface area contributed by atoms with E-state index in [2.05, 4.69) is 78.0 Å². The molecule has 0 atom stereocenters. The van der Waals surface area contributed by atoms with E-state index in [1.807, 2.05) is 36.8 Å². The summed E-state index contributed by atoms with van der Waals surface area (Å²) in [6, 6.07) is 25.6. The number of aromatic nitrogens is 3. The Balaban J connectivity index is 1.55. The number of furan rings is 1. The lowest BCUT2D eigenvalue weighted by Gasteiger charge is -2.34. The minimum absolute atomic E-state index is 0.196. The molecule has 7 aromatic rings. The number of nitrogens with zero attached hydrogens (tertiary/aromatic N) is 3. The molecule has 1 aliphatic rings. The van der Waals surface area contributed by atoms with E-state index in [1.54, 1.807) is 0 Å². The van der Waals surface area contributed by atoms with Crippen LogP contribution in [0.3, 0.4) is 0 Å². The summed E-state index contributed by atoms with van der Waals surface area (Å²) in [5.74, 6) is 0. The number of hydrogen-bond donors (Lipinski definition) is 0. The zero-order valence-electron chi connectivity index (χ0n) is 19.4. The largest absolute Gasteiger partial charge is 0.455 e. The Bertz CT molecular complexity index is 1990. The number of hydrogen-bond acceptors (Lipinski definition) is 3. The lowest BCUT2D eigenvalue weighted by Crippen LogP contribution is -2.26. The molecule has 4 heteroatoms. The molecule has 5 heterocycles. The fourth-order valence-electron chi connectivity index (χ4n) is 6.06. The van der Waals surface area contributed by atoms with E-state index in [0.717, 1.165) is 55.2 Å². The summed E-state index contributed by atoms with van der Waals surface area (Å²) < 4.78 is 8.75. The first kappa shape index (κ1) is 18.9. The summed E-state index contributed by atoms with van der Waals surface area (Å²) in [5, 5.41) is 3.44. The average Bonchev–Trinajstić information content (AvgIpc) is 3.43. The molecule has 0 unspecified atom stereocenters. The third-order valence-electron chi connectivity index (χ3n) is 7.72. The van der Waals surface area contributed by atoms with Crippen molar-refractivity contribution in [1.29, 1.82) is 0 Å². The fraction of sp³-hybridized carbons (Fsp3) is 0.0968. The van der Waals surface area contributed by atoms with E-state index in [0.29, 0.717) is 0 Å². The second-order valence-corrected chi connectivity index (χ2v) is 9.92. The molecule has 166 valence electrons. The number of pyridine rings is 2.